The maximum absolute atomic E-state index is 11.5. The van der Waals surface area contributed by atoms with Crippen molar-refractivity contribution in [1.82, 2.24) is 9.80 Å². The number of hydrogen-bond donors (Lipinski definition) is 0. The number of carbonyl (C=O) groups is 1. The first kappa shape index (κ1) is 15.3. The van der Waals surface area contributed by atoms with Crippen LogP contribution >= 0.6 is 0 Å². The fourth-order valence-corrected chi connectivity index (χ4v) is 3.47. The van der Waals surface area contributed by atoms with E-state index in [-0.39, 0.29) is 18.6 Å². The summed E-state index contributed by atoms with van der Waals surface area (Å²) in [5.41, 5.74) is 0. The Morgan fingerprint density at radius 3 is 2.76 bits per heavy atom. The number of likely N-dealkylation sites (N-methyl/N-ethyl adjacent to an activating group) is 1. The number of nitrogens with zero attached hydrogens (tertiary/aromatic N) is 2. The maximum Gasteiger partial charge on any atom is 0.248 e. The molecule has 1 saturated carbocycles. The normalized spacial score (nSPS) is 33.0. The van der Waals surface area contributed by atoms with Crippen LogP contribution in [0.2, 0.25) is 0 Å². The van der Waals surface area contributed by atoms with Crippen molar-refractivity contribution in [2.75, 3.05) is 40.4 Å². The second kappa shape index (κ2) is 6.63. The zero-order valence-corrected chi connectivity index (χ0v) is 13.3. The average molecular weight is 296 g/mol. The Morgan fingerprint density at radius 1 is 1.24 bits per heavy atom. The summed E-state index contributed by atoms with van der Waals surface area (Å²) in [6.07, 6.45) is 6.82. The molecule has 3 atom stereocenters. The molecule has 0 aromatic heterocycles. The van der Waals surface area contributed by atoms with E-state index in [1.54, 1.807) is 19.0 Å². The van der Waals surface area contributed by atoms with Crippen molar-refractivity contribution in [3.05, 3.63) is 0 Å². The van der Waals surface area contributed by atoms with Crippen LogP contribution < -0.4 is 0 Å². The molecule has 21 heavy (non-hydrogen) atoms. The number of likely N-dealkylation sites (tertiary alicyclic amines) is 1. The molecule has 2 aliphatic heterocycles. The lowest BCUT2D eigenvalue weighted by Crippen LogP contribution is -2.44. The largest absolute Gasteiger partial charge is 0.371 e. The van der Waals surface area contributed by atoms with Crippen molar-refractivity contribution < 1.29 is 14.3 Å². The highest BCUT2D eigenvalue weighted by atomic mass is 16.5. The highest BCUT2D eigenvalue weighted by molar-refractivity contribution is 5.76. The fourth-order valence-electron chi connectivity index (χ4n) is 3.47. The number of rotatable bonds is 6. The Labute approximate surface area is 127 Å². The monoisotopic (exact) mass is 296 g/mol. The predicted molar refractivity (Wildman–Crippen MR) is 80.1 cm³/mol. The van der Waals surface area contributed by atoms with E-state index in [1.807, 2.05) is 0 Å². The van der Waals surface area contributed by atoms with Crippen molar-refractivity contribution in [1.29, 1.82) is 0 Å². The van der Waals surface area contributed by atoms with Gasteiger partial charge in [-0.25, -0.2) is 0 Å². The molecule has 0 unspecified atom stereocenters. The average Bonchev–Trinajstić information content (AvgIpc) is 3.19. The summed E-state index contributed by atoms with van der Waals surface area (Å²) >= 11 is 0. The number of hydrogen-bond acceptors (Lipinski definition) is 4. The highest BCUT2D eigenvalue weighted by Crippen LogP contribution is 2.36. The molecule has 5 nitrogen and oxygen atoms in total. The van der Waals surface area contributed by atoms with Crippen LogP contribution in [-0.2, 0) is 14.3 Å². The highest BCUT2D eigenvalue weighted by Gasteiger charge is 2.41. The van der Waals surface area contributed by atoms with Gasteiger partial charge in [0.05, 0.1) is 18.8 Å². The molecule has 0 aromatic rings. The lowest BCUT2D eigenvalue weighted by Gasteiger charge is -2.36. The number of fused-ring (bicyclic) bond motifs is 1. The van der Waals surface area contributed by atoms with E-state index in [2.05, 4.69) is 4.90 Å². The molecular weight excluding hydrogens is 268 g/mol. The number of ether oxygens (including phenoxy) is 2. The van der Waals surface area contributed by atoms with Crippen LogP contribution in [0.4, 0.5) is 0 Å². The molecular formula is C16H28N2O3. The van der Waals surface area contributed by atoms with Crippen LogP contribution in [0.15, 0.2) is 0 Å². The van der Waals surface area contributed by atoms with Crippen LogP contribution in [0.1, 0.15) is 32.1 Å². The Bertz CT molecular complexity index is 371. The minimum Gasteiger partial charge on any atom is -0.371 e. The van der Waals surface area contributed by atoms with Gasteiger partial charge in [-0.15, -0.1) is 0 Å². The molecule has 3 aliphatic rings. The van der Waals surface area contributed by atoms with E-state index in [4.69, 9.17) is 9.47 Å². The van der Waals surface area contributed by atoms with E-state index in [1.165, 1.54) is 32.4 Å². The summed E-state index contributed by atoms with van der Waals surface area (Å²) in [6.45, 7) is 3.18. The first-order valence-corrected chi connectivity index (χ1v) is 8.31. The lowest BCUT2D eigenvalue weighted by molar-refractivity contribution is -0.138. The third-order valence-electron chi connectivity index (χ3n) is 4.97. The molecule has 0 bridgehead atoms. The molecule has 1 aliphatic carbocycles. The summed E-state index contributed by atoms with van der Waals surface area (Å²) in [5, 5.41) is 0. The molecule has 0 N–H and O–H groups in total. The maximum atomic E-state index is 11.5. The molecule has 3 rings (SSSR count). The molecule has 0 aromatic carbocycles. The molecule has 2 saturated heterocycles. The van der Waals surface area contributed by atoms with Gasteiger partial charge in [0.15, 0.2) is 0 Å². The van der Waals surface area contributed by atoms with Crippen LogP contribution in [-0.4, -0.2) is 74.4 Å². The Balaban J connectivity index is 1.38. The summed E-state index contributed by atoms with van der Waals surface area (Å²) in [5.74, 6) is 0.974. The minimum atomic E-state index is 0.0140. The van der Waals surface area contributed by atoms with Gasteiger partial charge in [-0.2, -0.15) is 0 Å². The smallest absolute Gasteiger partial charge is 0.248 e. The number of amides is 1. The summed E-state index contributed by atoms with van der Waals surface area (Å²) in [7, 11) is 3.50. The van der Waals surface area contributed by atoms with Gasteiger partial charge >= 0.3 is 0 Å². The van der Waals surface area contributed by atoms with Gasteiger partial charge in [-0.1, -0.05) is 0 Å². The van der Waals surface area contributed by atoms with Crippen molar-refractivity contribution in [2.24, 2.45) is 5.92 Å². The first-order valence-electron chi connectivity index (χ1n) is 8.31. The molecule has 3 fully saturated rings. The summed E-state index contributed by atoms with van der Waals surface area (Å²) in [4.78, 5) is 15.7. The third kappa shape index (κ3) is 3.96. The van der Waals surface area contributed by atoms with Gasteiger partial charge in [-0.05, 0) is 38.0 Å². The molecule has 2 heterocycles. The Hall–Kier alpha value is -0.650. The summed E-state index contributed by atoms with van der Waals surface area (Å²) in [6, 6.07) is 0.630. The van der Waals surface area contributed by atoms with Crippen LogP contribution in [0.5, 0.6) is 0 Å². The van der Waals surface area contributed by atoms with Gasteiger partial charge in [0.25, 0.3) is 0 Å². The van der Waals surface area contributed by atoms with Gasteiger partial charge in [0.1, 0.15) is 6.61 Å². The Morgan fingerprint density at radius 2 is 2.05 bits per heavy atom. The third-order valence-corrected chi connectivity index (χ3v) is 4.97. The van der Waals surface area contributed by atoms with E-state index in [0.717, 1.165) is 18.8 Å². The predicted octanol–water partition coefficient (Wildman–Crippen LogP) is 1.12. The summed E-state index contributed by atoms with van der Waals surface area (Å²) < 4.78 is 11.7. The van der Waals surface area contributed by atoms with Crippen molar-refractivity contribution in [3.63, 3.8) is 0 Å². The number of carbonyl (C=O) groups excluding carboxylic acids is 1. The Kier molecular flexibility index (Phi) is 4.82. The van der Waals surface area contributed by atoms with Gasteiger partial charge in [-0.3, -0.25) is 9.69 Å². The van der Waals surface area contributed by atoms with Crippen LogP contribution in [0.25, 0.3) is 0 Å². The second-order valence-electron chi connectivity index (χ2n) is 6.97. The van der Waals surface area contributed by atoms with Gasteiger partial charge in [0, 0.05) is 33.2 Å². The lowest BCUT2D eigenvalue weighted by atomic mass is 9.99. The van der Waals surface area contributed by atoms with Crippen LogP contribution in [0.3, 0.4) is 0 Å². The van der Waals surface area contributed by atoms with Crippen molar-refractivity contribution in [3.8, 4) is 0 Å². The molecule has 120 valence electrons. The molecule has 5 heteroatoms. The molecule has 0 spiro atoms. The zero-order chi connectivity index (χ0) is 14.8. The topological polar surface area (TPSA) is 42.0 Å². The SMILES string of the molecule is CN(C)C(=O)COC[C@H]1CC[C@@H]2[C@@H](CCN2CC2CC2)O1. The van der Waals surface area contributed by atoms with Crippen molar-refractivity contribution in [2.45, 2.75) is 50.4 Å². The van der Waals surface area contributed by atoms with Crippen LogP contribution in [0, 0.1) is 5.92 Å². The van der Waals surface area contributed by atoms with Crippen molar-refractivity contribution >= 4 is 5.91 Å². The quantitative estimate of drug-likeness (QED) is 0.737. The first-order chi connectivity index (χ1) is 10.1. The van der Waals surface area contributed by atoms with Gasteiger partial charge < -0.3 is 14.4 Å². The molecule has 1 amide bonds. The fraction of sp³-hybridized carbons (Fsp3) is 0.938. The standard InChI is InChI=1S/C16H28N2O3/c1-17(2)16(19)11-20-10-13-5-6-14-15(21-13)7-8-18(14)9-12-3-4-12/h12-15H,3-11H2,1-2H3/t13-,14-,15-/m1/s1. The minimum absolute atomic E-state index is 0.0140. The van der Waals surface area contributed by atoms with E-state index in [9.17, 15) is 4.79 Å². The van der Waals surface area contributed by atoms with Gasteiger partial charge in [0.2, 0.25) is 5.91 Å². The second-order valence-corrected chi connectivity index (χ2v) is 6.97. The van der Waals surface area contributed by atoms with E-state index < -0.39 is 0 Å². The molecule has 0 radical (unpaired) electrons. The zero-order valence-electron chi connectivity index (χ0n) is 13.3. The van der Waals surface area contributed by atoms with E-state index in [0.29, 0.717) is 18.8 Å². The van der Waals surface area contributed by atoms with E-state index >= 15 is 0 Å².